The fraction of sp³-hybridized carbons (Fsp3) is 0.636. The third kappa shape index (κ3) is 1.34. The highest BCUT2D eigenvalue weighted by atomic mass is 32.2. The maximum Gasteiger partial charge on any atom is 0.0547 e. The van der Waals surface area contributed by atoms with Crippen molar-refractivity contribution in [2.45, 2.75) is 24.8 Å². The van der Waals surface area contributed by atoms with Crippen molar-refractivity contribution in [2.24, 2.45) is 0 Å². The van der Waals surface area contributed by atoms with Crippen LogP contribution in [0.2, 0.25) is 0 Å². The van der Waals surface area contributed by atoms with E-state index in [2.05, 4.69) is 28.5 Å². The van der Waals surface area contributed by atoms with Crippen molar-refractivity contribution < 1.29 is 0 Å². The third-order valence-electron chi connectivity index (χ3n) is 3.39. The van der Waals surface area contributed by atoms with Crippen LogP contribution in [0.15, 0.2) is 11.4 Å². The molecule has 0 aliphatic carbocycles. The summed E-state index contributed by atoms with van der Waals surface area (Å²) in [5.74, 6) is 2.65. The van der Waals surface area contributed by atoms with E-state index in [4.69, 9.17) is 0 Å². The molecule has 2 aliphatic heterocycles. The zero-order valence-electron chi connectivity index (χ0n) is 8.21. The molecule has 3 heterocycles. The first-order chi connectivity index (χ1) is 6.91. The van der Waals surface area contributed by atoms with E-state index in [1.807, 2.05) is 11.3 Å². The quantitative estimate of drug-likeness (QED) is 0.728. The van der Waals surface area contributed by atoms with Crippen LogP contribution in [0.25, 0.3) is 0 Å². The predicted molar refractivity (Wildman–Crippen MR) is 64.3 cm³/mol. The summed E-state index contributed by atoms with van der Waals surface area (Å²) in [7, 11) is 0. The molecule has 0 atom stereocenters. The van der Waals surface area contributed by atoms with Crippen molar-refractivity contribution in [2.75, 3.05) is 18.1 Å². The molecular formula is C11H15NS2. The Balaban J connectivity index is 2.01. The van der Waals surface area contributed by atoms with Gasteiger partial charge in [-0.3, -0.25) is 0 Å². The van der Waals surface area contributed by atoms with Crippen molar-refractivity contribution >= 4 is 23.1 Å². The number of hydrogen-bond acceptors (Lipinski definition) is 3. The average Bonchev–Trinajstić information content (AvgIpc) is 2.69. The molecule has 0 radical (unpaired) electrons. The van der Waals surface area contributed by atoms with Gasteiger partial charge in [0.15, 0.2) is 0 Å². The minimum Gasteiger partial charge on any atom is -0.306 e. The van der Waals surface area contributed by atoms with E-state index in [-0.39, 0.29) is 0 Å². The topological polar surface area (TPSA) is 12.0 Å². The van der Waals surface area contributed by atoms with E-state index in [1.54, 1.807) is 10.4 Å². The molecule has 1 saturated heterocycles. The van der Waals surface area contributed by atoms with Gasteiger partial charge in [0.05, 0.1) is 5.54 Å². The second-order valence-corrected chi connectivity index (χ2v) is 6.29. The van der Waals surface area contributed by atoms with Crippen LogP contribution in [0, 0.1) is 0 Å². The zero-order valence-corrected chi connectivity index (χ0v) is 9.85. The molecule has 0 bridgehead atoms. The van der Waals surface area contributed by atoms with Gasteiger partial charge in [-0.05, 0) is 47.8 Å². The minimum atomic E-state index is 0.368. The summed E-state index contributed by atoms with van der Waals surface area (Å²) in [6.45, 7) is 1.18. The Kier molecular flexibility index (Phi) is 2.34. The fourth-order valence-corrected chi connectivity index (χ4v) is 4.97. The number of nitrogens with one attached hydrogen (secondary N) is 1. The second-order valence-electron chi connectivity index (χ2n) is 4.15. The molecule has 76 valence electrons. The second kappa shape index (κ2) is 3.54. The normalized spacial score (nSPS) is 24.9. The van der Waals surface area contributed by atoms with E-state index in [1.165, 1.54) is 37.3 Å². The van der Waals surface area contributed by atoms with Crippen molar-refractivity contribution in [3.8, 4) is 0 Å². The Morgan fingerprint density at radius 3 is 3.00 bits per heavy atom. The van der Waals surface area contributed by atoms with Crippen LogP contribution in [0.4, 0.5) is 0 Å². The number of rotatable bonds is 0. The Morgan fingerprint density at radius 2 is 2.14 bits per heavy atom. The van der Waals surface area contributed by atoms with Gasteiger partial charge in [-0.1, -0.05) is 0 Å². The van der Waals surface area contributed by atoms with Gasteiger partial charge in [0, 0.05) is 11.4 Å². The molecule has 2 aliphatic rings. The van der Waals surface area contributed by atoms with Gasteiger partial charge in [-0.2, -0.15) is 11.8 Å². The average molecular weight is 225 g/mol. The van der Waals surface area contributed by atoms with E-state index >= 15 is 0 Å². The van der Waals surface area contributed by atoms with Crippen molar-refractivity contribution in [1.29, 1.82) is 0 Å². The molecule has 1 aromatic heterocycles. The summed E-state index contributed by atoms with van der Waals surface area (Å²) in [6, 6.07) is 2.32. The summed E-state index contributed by atoms with van der Waals surface area (Å²) in [5, 5.41) is 6.04. The molecule has 1 spiro atoms. The number of thioether (sulfide) groups is 1. The van der Waals surface area contributed by atoms with Crippen LogP contribution in [0.1, 0.15) is 23.3 Å². The number of thiophene rings is 1. The lowest BCUT2D eigenvalue weighted by Crippen LogP contribution is -2.48. The monoisotopic (exact) mass is 225 g/mol. The van der Waals surface area contributed by atoms with Gasteiger partial charge in [0.2, 0.25) is 0 Å². The van der Waals surface area contributed by atoms with E-state index in [9.17, 15) is 0 Å². The van der Waals surface area contributed by atoms with E-state index in [0.29, 0.717) is 5.54 Å². The highest BCUT2D eigenvalue weighted by Gasteiger charge is 2.38. The van der Waals surface area contributed by atoms with E-state index < -0.39 is 0 Å². The molecule has 1 fully saturated rings. The summed E-state index contributed by atoms with van der Waals surface area (Å²) >= 11 is 4.06. The number of hydrogen-bond donors (Lipinski definition) is 1. The molecule has 0 saturated carbocycles. The fourth-order valence-electron chi connectivity index (χ4n) is 2.59. The maximum atomic E-state index is 3.77. The molecule has 14 heavy (non-hydrogen) atoms. The van der Waals surface area contributed by atoms with Crippen LogP contribution in [-0.4, -0.2) is 18.1 Å². The predicted octanol–water partition coefficient (Wildman–Crippen LogP) is 2.62. The SMILES string of the molecule is c1cc2c(s1)C1(CCSCC1)NCC2. The van der Waals surface area contributed by atoms with Crippen LogP contribution < -0.4 is 5.32 Å². The Morgan fingerprint density at radius 1 is 1.29 bits per heavy atom. The largest absolute Gasteiger partial charge is 0.306 e. The molecule has 3 rings (SSSR count). The first-order valence-corrected chi connectivity index (χ1v) is 7.34. The summed E-state index contributed by atoms with van der Waals surface area (Å²) in [6.07, 6.45) is 3.88. The van der Waals surface area contributed by atoms with Crippen LogP contribution in [0.3, 0.4) is 0 Å². The maximum absolute atomic E-state index is 3.77. The van der Waals surface area contributed by atoms with Gasteiger partial charge < -0.3 is 5.32 Å². The Bertz CT molecular complexity index is 326. The van der Waals surface area contributed by atoms with Gasteiger partial charge in [-0.15, -0.1) is 11.3 Å². The van der Waals surface area contributed by atoms with Crippen molar-refractivity contribution in [3.05, 3.63) is 21.9 Å². The number of fused-ring (bicyclic) bond motifs is 2. The summed E-state index contributed by atoms with van der Waals surface area (Å²) < 4.78 is 0. The van der Waals surface area contributed by atoms with Crippen LogP contribution >= 0.6 is 23.1 Å². The van der Waals surface area contributed by atoms with E-state index in [0.717, 1.165) is 0 Å². The first kappa shape index (κ1) is 9.25. The lowest BCUT2D eigenvalue weighted by Gasteiger charge is -2.41. The van der Waals surface area contributed by atoms with Gasteiger partial charge in [-0.25, -0.2) is 0 Å². The minimum absolute atomic E-state index is 0.368. The van der Waals surface area contributed by atoms with Crippen molar-refractivity contribution in [1.82, 2.24) is 5.32 Å². The molecule has 0 aromatic carbocycles. The molecular weight excluding hydrogens is 210 g/mol. The van der Waals surface area contributed by atoms with Gasteiger partial charge in [0.1, 0.15) is 0 Å². The molecule has 1 nitrogen and oxygen atoms in total. The molecule has 3 heteroatoms. The lowest BCUT2D eigenvalue weighted by molar-refractivity contribution is 0.299. The molecule has 0 unspecified atom stereocenters. The molecule has 1 N–H and O–H groups in total. The lowest BCUT2D eigenvalue weighted by atomic mass is 9.85. The highest BCUT2D eigenvalue weighted by Crippen LogP contribution is 2.42. The zero-order chi connectivity index (χ0) is 9.43. The first-order valence-electron chi connectivity index (χ1n) is 5.30. The summed E-state index contributed by atoms with van der Waals surface area (Å²) in [4.78, 5) is 1.64. The van der Waals surface area contributed by atoms with Gasteiger partial charge in [0.25, 0.3) is 0 Å². The smallest absolute Gasteiger partial charge is 0.0547 e. The molecule has 0 amide bonds. The van der Waals surface area contributed by atoms with Gasteiger partial charge >= 0.3 is 0 Å². The standard InChI is InChI=1S/C11H15NS2/c1-5-12-11(3-7-13-8-4-11)10-9(1)2-6-14-10/h2,6,12H,1,3-5,7-8H2. The van der Waals surface area contributed by atoms with Crippen molar-refractivity contribution in [3.63, 3.8) is 0 Å². The van der Waals surface area contributed by atoms with Crippen LogP contribution in [0.5, 0.6) is 0 Å². The molecule has 1 aromatic rings. The Hall–Kier alpha value is 0.01000. The highest BCUT2D eigenvalue weighted by molar-refractivity contribution is 7.99. The third-order valence-corrected chi connectivity index (χ3v) is 5.53. The van der Waals surface area contributed by atoms with Crippen LogP contribution in [-0.2, 0) is 12.0 Å². The Labute approximate surface area is 93.3 Å². The summed E-state index contributed by atoms with van der Waals surface area (Å²) in [5.41, 5.74) is 1.98.